The number of allylic oxidation sites excluding steroid dienone is 1. The summed E-state index contributed by atoms with van der Waals surface area (Å²) in [6.45, 7) is 2.09. The monoisotopic (exact) mass is 322 g/mol. The molecule has 0 spiro atoms. The van der Waals surface area contributed by atoms with Crippen LogP contribution in [0.15, 0.2) is 12.2 Å². The molecule has 0 heterocycles. The SMILES string of the molecule is CCC1(C(=O)ONS)CC/C=C/[C@@H](OCONS)CC1. The third-order valence-electron chi connectivity index (χ3n) is 3.70. The van der Waals surface area contributed by atoms with Gasteiger partial charge < -0.3 is 9.57 Å². The molecule has 6 nitrogen and oxygen atoms in total. The highest BCUT2D eigenvalue weighted by atomic mass is 32.1. The van der Waals surface area contributed by atoms with Crippen LogP contribution in [0.3, 0.4) is 0 Å². The Morgan fingerprint density at radius 1 is 1.40 bits per heavy atom. The number of nitrogens with one attached hydrogen (secondary N) is 2. The summed E-state index contributed by atoms with van der Waals surface area (Å²) in [4.78, 5) is 26.3. The first kappa shape index (κ1) is 17.8. The van der Waals surface area contributed by atoms with Crippen molar-refractivity contribution in [3.63, 3.8) is 0 Å². The second kappa shape index (κ2) is 9.64. The van der Waals surface area contributed by atoms with E-state index >= 15 is 0 Å². The standard InChI is InChI=1S/C12H22N2O4S2/c1-2-12(11(15)18-14-20)7-4-3-5-10(6-8-12)16-9-17-13-19/h3,5,10,13-14,19-20H,2,4,6-9H2,1H3/b5-3+/t10-,12?/m1/s1. The predicted molar refractivity (Wildman–Crippen MR) is 81.5 cm³/mol. The highest BCUT2D eigenvalue weighted by Crippen LogP contribution is 2.37. The van der Waals surface area contributed by atoms with Crippen LogP contribution in [0.4, 0.5) is 0 Å². The Bertz CT molecular complexity index is 331. The van der Waals surface area contributed by atoms with Crippen molar-refractivity contribution in [2.45, 2.75) is 45.1 Å². The Balaban J connectivity index is 2.63. The van der Waals surface area contributed by atoms with Gasteiger partial charge in [0, 0.05) is 0 Å². The fraction of sp³-hybridized carbons (Fsp3) is 0.750. The molecule has 116 valence electrons. The third kappa shape index (κ3) is 5.27. The van der Waals surface area contributed by atoms with E-state index in [0.29, 0.717) is 6.42 Å². The van der Waals surface area contributed by atoms with Gasteiger partial charge in [0.2, 0.25) is 0 Å². The molecule has 0 aromatic rings. The van der Waals surface area contributed by atoms with Crippen molar-refractivity contribution in [1.82, 2.24) is 9.77 Å². The van der Waals surface area contributed by atoms with Crippen molar-refractivity contribution >= 4 is 31.6 Å². The van der Waals surface area contributed by atoms with Crippen LogP contribution in [0.5, 0.6) is 0 Å². The molecule has 0 bridgehead atoms. The first-order chi connectivity index (χ1) is 9.68. The smallest absolute Gasteiger partial charge is 0.332 e. The van der Waals surface area contributed by atoms with E-state index in [9.17, 15) is 4.79 Å². The van der Waals surface area contributed by atoms with Crippen LogP contribution in [0, 0.1) is 5.41 Å². The second-order valence-electron chi connectivity index (χ2n) is 4.68. The van der Waals surface area contributed by atoms with E-state index in [-0.39, 0.29) is 18.9 Å². The van der Waals surface area contributed by atoms with Gasteiger partial charge in [-0.3, -0.25) is 4.84 Å². The summed E-state index contributed by atoms with van der Waals surface area (Å²) in [6, 6.07) is 0. The van der Waals surface area contributed by atoms with Gasteiger partial charge in [-0.1, -0.05) is 49.6 Å². The lowest BCUT2D eigenvalue weighted by Gasteiger charge is -2.32. The Morgan fingerprint density at radius 2 is 2.20 bits per heavy atom. The van der Waals surface area contributed by atoms with Crippen LogP contribution >= 0.6 is 25.6 Å². The van der Waals surface area contributed by atoms with Gasteiger partial charge in [-0.25, -0.2) is 4.79 Å². The predicted octanol–water partition coefficient (Wildman–Crippen LogP) is 2.11. The fourth-order valence-electron chi connectivity index (χ4n) is 2.39. The molecular weight excluding hydrogens is 300 g/mol. The molecule has 8 heteroatoms. The number of hydrogen-bond donors (Lipinski definition) is 4. The second-order valence-corrected chi connectivity index (χ2v) is 5.04. The Labute approximate surface area is 130 Å². The van der Waals surface area contributed by atoms with Crippen LogP contribution in [0.1, 0.15) is 39.0 Å². The molecule has 0 amide bonds. The molecule has 1 aliphatic rings. The van der Waals surface area contributed by atoms with Gasteiger partial charge in [-0.2, -0.15) is 0 Å². The van der Waals surface area contributed by atoms with Crippen LogP contribution < -0.4 is 9.77 Å². The summed E-state index contributed by atoms with van der Waals surface area (Å²) in [5.41, 5.74) is -0.495. The van der Waals surface area contributed by atoms with Gasteiger partial charge in [0.15, 0.2) is 6.79 Å². The van der Waals surface area contributed by atoms with Gasteiger partial charge >= 0.3 is 5.97 Å². The summed E-state index contributed by atoms with van der Waals surface area (Å²) in [7, 11) is 0. The molecule has 0 aliphatic heterocycles. The number of thiol groups is 2. The van der Waals surface area contributed by atoms with E-state index in [4.69, 9.17) is 14.4 Å². The molecule has 1 aliphatic carbocycles. The molecule has 0 saturated carbocycles. The zero-order valence-corrected chi connectivity index (χ0v) is 13.3. The molecule has 2 atom stereocenters. The Hall–Kier alpha value is -0.250. The van der Waals surface area contributed by atoms with Crippen molar-refractivity contribution in [2.24, 2.45) is 5.41 Å². The number of carbonyl (C=O) groups is 1. The largest absolute Gasteiger partial charge is 0.360 e. The topological polar surface area (TPSA) is 68.8 Å². The lowest BCUT2D eigenvalue weighted by atomic mass is 9.75. The quantitative estimate of drug-likeness (QED) is 0.189. The minimum atomic E-state index is -0.495. The van der Waals surface area contributed by atoms with E-state index in [2.05, 4.69) is 35.4 Å². The summed E-state index contributed by atoms with van der Waals surface area (Å²) >= 11 is 7.42. The van der Waals surface area contributed by atoms with Crippen molar-refractivity contribution in [2.75, 3.05) is 6.79 Å². The molecule has 0 aromatic heterocycles. The summed E-state index contributed by atoms with van der Waals surface area (Å²) in [5, 5.41) is 0. The number of hydrogen-bond acceptors (Lipinski definition) is 8. The normalized spacial score (nSPS) is 28.4. The lowest BCUT2D eigenvalue weighted by molar-refractivity contribution is -0.161. The van der Waals surface area contributed by atoms with Gasteiger partial charge in [0.25, 0.3) is 0 Å². The average Bonchev–Trinajstić information content (AvgIpc) is 2.43. The highest BCUT2D eigenvalue weighted by Gasteiger charge is 2.38. The summed E-state index contributed by atoms with van der Waals surface area (Å²) in [6.07, 6.45) is 7.66. The molecule has 0 saturated heterocycles. The Morgan fingerprint density at radius 3 is 2.85 bits per heavy atom. The third-order valence-corrected chi connectivity index (χ3v) is 3.92. The van der Waals surface area contributed by atoms with Gasteiger partial charge in [-0.15, -0.1) is 4.89 Å². The van der Waals surface area contributed by atoms with Crippen molar-refractivity contribution in [3.05, 3.63) is 12.2 Å². The van der Waals surface area contributed by atoms with Crippen molar-refractivity contribution in [1.29, 1.82) is 0 Å². The van der Waals surface area contributed by atoms with Crippen LogP contribution in [-0.4, -0.2) is 18.9 Å². The van der Waals surface area contributed by atoms with Gasteiger partial charge in [0.05, 0.1) is 11.5 Å². The number of ether oxygens (including phenoxy) is 1. The molecule has 2 N–H and O–H groups in total. The lowest BCUT2D eigenvalue weighted by Crippen LogP contribution is -2.36. The molecule has 0 radical (unpaired) electrons. The van der Waals surface area contributed by atoms with Crippen LogP contribution in [0.2, 0.25) is 0 Å². The van der Waals surface area contributed by atoms with Crippen molar-refractivity contribution in [3.8, 4) is 0 Å². The zero-order valence-electron chi connectivity index (χ0n) is 11.5. The summed E-state index contributed by atoms with van der Waals surface area (Å²) in [5.74, 6) is -0.266. The maximum atomic E-state index is 12.1. The minimum absolute atomic E-state index is 0.0836. The van der Waals surface area contributed by atoms with E-state index < -0.39 is 5.41 Å². The minimum Gasteiger partial charge on any atom is -0.360 e. The molecule has 0 fully saturated rings. The molecule has 1 unspecified atom stereocenters. The highest BCUT2D eigenvalue weighted by molar-refractivity contribution is 7.78. The molecule has 1 rings (SSSR count). The van der Waals surface area contributed by atoms with Gasteiger partial charge in [-0.05, 0) is 32.1 Å². The zero-order chi connectivity index (χ0) is 14.8. The number of rotatable bonds is 7. The molecule has 20 heavy (non-hydrogen) atoms. The van der Waals surface area contributed by atoms with E-state index in [0.717, 1.165) is 25.7 Å². The first-order valence-corrected chi connectivity index (χ1v) is 7.47. The maximum Gasteiger partial charge on any atom is 0.332 e. The van der Waals surface area contributed by atoms with E-state index in [1.54, 1.807) is 0 Å². The fourth-order valence-corrected chi connectivity index (χ4v) is 2.52. The first-order valence-electron chi connectivity index (χ1n) is 6.58. The van der Waals surface area contributed by atoms with Crippen molar-refractivity contribution < 1.29 is 19.2 Å². The Kier molecular flexibility index (Phi) is 8.58. The average molecular weight is 322 g/mol. The maximum absolute atomic E-state index is 12.1. The van der Waals surface area contributed by atoms with Gasteiger partial charge in [0.1, 0.15) is 0 Å². The molecule has 0 aromatic carbocycles. The van der Waals surface area contributed by atoms with Crippen LogP contribution in [0.25, 0.3) is 0 Å². The molecular formula is C12H22N2O4S2. The van der Waals surface area contributed by atoms with Crippen LogP contribution in [-0.2, 0) is 19.2 Å². The summed E-state index contributed by atoms with van der Waals surface area (Å²) < 4.78 is 5.53. The van der Waals surface area contributed by atoms with E-state index in [1.807, 2.05) is 19.1 Å². The van der Waals surface area contributed by atoms with E-state index in [1.165, 1.54) is 0 Å². The number of carbonyl (C=O) groups excluding carboxylic acids is 1.